The Morgan fingerprint density at radius 2 is 0.536 bits per heavy atom. The molecule has 1 amide bonds. The number of aliphatic hydroxyl groups excluding tert-OH is 1. The van der Waals surface area contributed by atoms with Crippen LogP contribution >= 0.6 is 0 Å². The Morgan fingerprint density at radius 1 is 0.405 bits per heavy atom. The number of amides is 1. The fourth-order valence-electron chi connectivity index (χ4n) is 1.80. The molecule has 1 aliphatic heterocycles. The number of rotatable bonds is 6. The second-order valence-corrected chi connectivity index (χ2v) is 14.3. The molecular weight excluding hydrogens is 1080 g/mol. The average Bonchev–Trinajstić information content (AvgIpc) is 3.51. The minimum Gasteiger partial charge on any atom is -0.394 e. The SMILES string of the molecule is C=Cc1ccccc1.C=O.C=O.C=O.C=O.C=O.C=O.C=O.C=O.C=O.C=O.C=O.CC.CC(=O)N1CCCCC1.CC(C)O.CCC(C)C.CCC(C)C.CCC(C)C.CCC(C)C.CCC(C)C.CN.CN.CN.N.N.N.N.N.N.N.N. The fraction of sp³-hybridized carbons (Fsp3) is 0.661. The van der Waals surface area contributed by atoms with Gasteiger partial charge in [-0.2, -0.15) is 0 Å². The summed E-state index contributed by atoms with van der Waals surface area (Å²) in [7, 11) is 4.50. The van der Waals surface area contributed by atoms with Gasteiger partial charge < -0.3 is 129 Å². The lowest BCUT2D eigenvalue weighted by atomic mass is 10.1. The molecule has 530 valence electrons. The number of benzene rings is 1. The molecule has 1 aromatic carbocycles. The van der Waals surface area contributed by atoms with Crippen molar-refractivity contribution in [2.45, 2.75) is 196 Å². The molecule has 0 bridgehead atoms. The van der Waals surface area contributed by atoms with Gasteiger partial charge in [-0.05, 0) is 89.4 Å². The van der Waals surface area contributed by atoms with Crippen molar-refractivity contribution < 1.29 is 62.6 Å². The molecule has 25 heteroatoms. The van der Waals surface area contributed by atoms with Crippen LogP contribution in [0.2, 0.25) is 0 Å². The number of nitrogens with two attached hydrogens (primary N) is 3. The molecule has 0 saturated carbocycles. The van der Waals surface area contributed by atoms with Gasteiger partial charge in [0.25, 0.3) is 0 Å². The van der Waals surface area contributed by atoms with E-state index in [1.54, 1.807) is 20.8 Å². The molecule has 25 nitrogen and oxygen atoms in total. The summed E-state index contributed by atoms with van der Waals surface area (Å²) in [4.78, 5) is 101. The molecule has 0 aromatic heterocycles. The van der Waals surface area contributed by atoms with Crippen LogP contribution in [-0.2, 0) is 57.5 Å². The van der Waals surface area contributed by atoms with E-state index >= 15 is 0 Å². The molecule has 1 aromatic rings. The van der Waals surface area contributed by atoms with E-state index in [1.807, 2.05) is 130 Å². The van der Waals surface area contributed by atoms with Crippen LogP contribution < -0.4 is 66.4 Å². The zero-order valence-electron chi connectivity index (χ0n) is 59.7. The van der Waals surface area contributed by atoms with Gasteiger partial charge in [-0.3, -0.25) is 4.79 Å². The van der Waals surface area contributed by atoms with Crippen molar-refractivity contribution in [1.82, 2.24) is 54.1 Å². The van der Waals surface area contributed by atoms with Crippen molar-refractivity contribution in [3.8, 4) is 0 Å². The van der Waals surface area contributed by atoms with E-state index < -0.39 is 0 Å². The zero-order chi connectivity index (χ0) is 67.5. The van der Waals surface area contributed by atoms with Crippen LogP contribution in [0.5, 0.6) is 0 Å². The summed E-state index contributed by atoms with van der Waals surface area (Å²) < 4.78 is 0. The second kappa shape index (κ2) is 323. The first-order valence-corrected chi connectivity index (χ1v) is 24.8. The summed E-state index contributed by atoms with van der Waals surface area (Å²) in [5.41, 5.74) is 14.7. The van der Waals surface area contributed by atoms with Crippen molar-refractivity contribution in [2.24, 2.45) is 46.8 Å². The number of carbonyl (C=O) groups excluding carboxylic acids is 12. The Hall–Kier alpha value is -5.68. The van der Waals surface area contributed by atoms with E-state index in [0.717, 1.165) is 42.7 Å². The number of carbonyl (C=O) groups is 12. The molecular formula is C59H156N12O13. The summed E-state index contributed by atoms with van der Waals surface area (Å²) in [6.45, 7) is 69.9. The normalized spacial score (nSPS) is 7.04. The molecule has 0 aliphatic carbocycles. The molecule has 1 saturated heterocycles. The standard InChI is InChI=1S/C8H8.C7H13NO.5C5H12.C3H8O.C2H6.3CH5N.11CH2O.8H3N/c1-2-8-6-4-3-5-7-8;1-7(9)8-5-3-2-4-6-8;5*1-4-5(2)3;1-3(2)4;15*1-2;;;;;;;;/h2-7H,1H2;2-6H2,1H3;5*5H,4H2,1-3H3;3-4H,1-2H3;1-2H3;3*2H2,1H3;11*1H2;8*1H3. The fourth-order valence-corrected chi connectivity index (χ4v) is 1.80. The minimum atomic E-state index is -0.167. The summed E-state index contributed by atoms with van der Waals surface area (Å²) in [5.74, 6) is 4.65. The lowest BCUT2D eigenvalue weighted by molar-refractivity contribution is -0.129. The predicted octanol–water partition coefficient (Wildman–Crippen LogP) is 13.0. The highest BCUT2D eigenvalue weighted by atomic mass is 16.3. The zero-order valence-corrected chi connectivity index (χ0v) is 59.7. The number of hydrogen-bond donors (Lipinski definition) is 12. The Labute approximate surface area is 521 Å². The predicted molar refractivity (Wildman–Crippen MR) is 376 cm³/mol. The second-order valence-electron chi connectivity index (χ2n) is 14.3. The van der Waals surface area contributed by atoms with E-state index in [0.29, 0.717) is 0 Å². The molecule has 0 unspecified atom stereocenters. The van der Waals surface area contributed by atoms with Crippen molar-refractivity contribution in [1.29, 1.82) is 0 Å². The molecule has 31 N–H and O–H groups in total. The minimum absolute atomic E-state index is 0. The van der Waals surface area contributed by atoms with E-state index in [9.17, 15) is 4.79 Å². The highest BCUT2D eigenvalue weighted by Crippen LogP contribution is 2.07. The van der Waals surface area contributed by atoms with Gasteiger partial charge in [0.15, 0.2) is 0 Å². The van der Waals surface area contributed by atoms with E-state index in [-0.39, 0.29) is 61.2 Å². The van der Waals surface area contributed by atoms with Crippen molar-refractivity contribution in [2.75, 3.05) is 34.2 Å². The van der Waals surface area contributed by atoms with E-state index in [1.165, 1.54) is 78.1 Å². The Balaban J connectivity index is -0.0000000142. The van der Waals surface area contributed by atoms with Gasteiger partial charge in [0.05, 0.1) is 0 Å². The monoisotopic (exact) mass is 1240 g/mol. The molecule has 1 fully saturated rings. The molecule has 0 radical (unpaired) electrons. The van der Waals surface area contributed by atoms with Gasteiger partial charge in [0, 0.05) is 26.1 Å². The summed E-state index contributed by atoms with van der Waals surface area (Å²) in [6, 6.07) is 10.0. The molecule has 2 rings (SSSR count). The van der Waals surface area contributed by atoms with E-state index in [2.05, 4.69) is 128 Å². The Kier molecular flexibility index (Phi) is 741. The first kappa shape index (κ1) is 192. The van der Waals surface area contributed by atoms with Crippen LogP contribution in [-0.4, -0.2) is 131 Å². The van der Waals surface area contributed by atoms with Gasteiger partial charge in [-0.15, -0.1) is 0 Å². The maximum absolute atomic E-state index is 10.7. The van der Waals surface area contributed by atoms with Gasteiger partial charge in [0.1, 0.15) is 74.7 Å². The third-order valence-electron chi connectivity index (χ3n) is 6.92. The lowest BCUT2D eigenvalue weighted by Crippen LogP contribution is -2.33. The molecule has 0 atom stereocenters. The summed E-state index contributed by atoms with van der Waals surface area (Å²) in [5, 5.41) is 8.06. The van der Waals surface area contributed by atoms with Gasteiger partial charge >= 0.3 is 0 Å². The maximum Gasteiger partial charge on any atom is 0.219 e. The first-order valence-electron chi connectivity index (χ1n) is 24.8. The van der Waals surface area contributed by atoms with Crippen LogP contribution in [0.1, 0.15) is 195 Å². The van der Waals surface area contributed by atoms with E-state index in [4.69, 9.17) is 57.8 Å². The highest BCUT2D eigenvalue weighted by molar-refractivity contribution is 5.73. The quantitative estimate of drug-likeness (QED) is 0.126. The summed E-state index contributed by atoms with van der Waals surface area (Å²) >= 11 is 0. The lowest BCUT2D eigenvalue weighted by Gasteiger charge is -2.24. The number of likely N-dealkylation sites (tertiary alicyclic amines) is 1. The van der Waals surface area contributed by atoms with Crippen LogP contribution in [0.3, 0.4) is 0 Å². The average molecular weight is 1240 g/mol. The number of nitrogens with zero attached hydrogens (tertiary/aromatic N) is 1. The van der Waals surface area contributed by atoms with Crippen LogP contribution in [0.4, 0.5) is 0 Å². The van der Waals surface area contributed by atoms with Crippen LogP contribution in [0, 0.1) is 29.6 Å². The number of aliphatic hydroxyl groups is 1. The Morgan fingerprint density at radius 3 is 0.607 bits per heavy atom. The molecule has 0 spiro atoms. The Bertz CT molecular complexity index is 813. The third kappa shape index (κ3) is 625. The van der Waals surface area contributed by atoms with Gasteiger partial charge in [-0.25, -0.2) is 0 Å². The van der Waals surface area contributed by atoms with Crippen LogP contribution in [0.15, 0.2) is 36.9 Å². The van der Waals surface area contributed by atoms with Crippen LogP contribution in [0.25, 0.3) is 6.08 Å². The summed E-state index contributed by atoms with van der Waals surface area (Å²) in [6.07, 6.45) is 11.9. The van der Waals surface area contributed by atoms with Crippen molar-refractivity contribution >= 4 is 86.7 Å². The van der Waals surface area contributed by atoms with Crippen molar-refractivity contribution in [3.63, 3.8) is 0 Å². The highest BCUT2D eigenvalue weighted by Gasteiger charge is 2.11. The smallest absolute Gasteiger partial charge is 0.219 e. The maximum atomic E-state index is 10.7. The molecule has 1 heterocycles. The topological polar surface area (TPSA) is 586 Å². The largest absolute Gasteiger partial charge is 0.394 e. The third-order valence-corrected chi connectivity index (χ3v) is 6.92. The van der Waals surface area contributed by atoms with Gasteiger partial charge in [-0.1, -0.05) is 193 Å². The molecule has 84 heavy (non-hydrogen) atoms. The number of piperidine rings is 1. The molecule has 1 aliphatic rings. The van der Waals surface area contributed by atoms with Crippen molar-refractivity contribution in [3.05, 3.63) is 42.5 Å². The van der Waals surface area contributed by atoms with Gasteiger partial charge in [0.2, 0.25) is 5.91 Å². The number of hydrogen-bond acceptors (Lipinski definition) is 24. The first-order chi connectivity index (χ1) is 36.3.